The van der Waals surface area contributed by atoms with Crippen LogP contribution in [0.4, 0.5) is 0 Å². The Bertz CT molecular complexity index is 1150. The molecule has 4 N–H and O–H groups in total. The fraction of sp³-hybridized carbons (Fsp3) is 0.593. The van der Waals surface area contributed by atoms with E-state index >= 15 is 0 Å². The van der Waals surface area contributed by atoms with E-state index in [-0.39, 0.29) is 5.92 Å². The van der Waals surface area contributed by atoms with Crippen LogP contribution in [0.1, 0.15) is 64.2 Å². The minimum Gasteiger partial charge on any atom is -0.493 e. The molecular formula is C27H39N7O2S. The number of hydrogen-bond donors (Lipinski definition) is 3. The van der Waals surface area contributed by atoms with Crippen LogP contribution in [0, 0.1) is 5.92 Å². The van der Waals surface area contributed by atoms with Crippen molar-refractivity contribution < 1.29 is 9.47 Å². The summed E-state index contributed by atoms with van der Waals surface area (Å²) < 4.78 is 13.0. The van der Waals surface area contributed by atoms with Gasteiger partial charge in [-0.15, -0.1) is 11.8 Å². The quantitative estimate of drug-likeness (QED) is 0.450. The molecule has 5 rings (SSSR count). The minimum atomic E-state index is -0.837. The molecule has 9 nitrogen and oxygen atoms in total. The number of nitrogens with zero attached hydrogens (tertiary/aromatic N) is 4. The first-order chi connectivity index (χ1) is 18.1. The van der Waals surface area contributed by atoms with Gasteiger partial charge in [0, 0.05) is 11.5 Å². The van der Waals surface area contributed by atoms with Crippen LogP contribution in [0.15, 0.2) is 39.3 Å². The van der Waals surface area contributed by atoms with E-state index in [1.54, 1.807) is 26.0 Å². The van der Waals surface area contributed by atoms with Crippen LogP contribution < -0.4 is 25.8 Å². The Balaban J connectivity index is 1.59. The molecule has 0 amide bonds. The lowest BCUT2D eigenvalue weighted by Crippen LogP contribution is -2.64. The van der Waals surface area contributed by atoms with Gasteiger partial charge in [0.15, 0.2) is 17.5 Å². The molecule has 200 valence electrons. The van der Waals surface area contributed by atoms with Crippen molar-refractivity contribution in [2.75, 3.05) is 20.5 Å². The topological polar surface area (TPSA) is 111 Å². The number of guanidine groups is 2. The highest BCUT2D eigenvalue weighted by atomic mass is 32.2. The molecule has 2 saturated carbocycles. The average molecular weight is 526 g/mol. The predicted octanol–water partition coefficient (Wildman–Crippen LogP) is 4.68. The van der Waals surface area contributed by atoms with Gasteiger partial charge in [0.1, 0.15) is 0 Å². The van der Waals surface area contributed by atoms with Gasteiger partial charge in [0.25, 0.3) is 0 Å². The summed E-state index contributed by atoms with van der Waals surface area (Å²) in [5.41, 5.74) is 8.27. The van der Waals surface area contributed by atoms with Crippen LogP contribution in [-0.4, -0.2) is 48.2 Å². The van der Waals surface area contributed by atoms with Gasteiger partial charge in [-0.25, -0.2) is 14.7 Å². The lowest BCUT2D eigenvalue weighted by Gasteiger charge is -2.44. The molecule has 0 saturated heterocycles. The Kier molecular flexibility index (Phi) is 7.83. The van der Waals surface area contributed by atoms with E-state index in [1.807, 2.05) is 22.9 Å². The second-order valence-electron chi connectivity index (χ2n) is 10.1. The second kappa shape index (κ2) is 11.2. The molecule has 1 atom stereocenters. The predicted molar refractivity (Wildman–Crippen MR) is 149 cm³/mol. The molecule has 3 aliphatic rings. The van der Waals surface area contributed by atoms with Gasteiger partial charge in [-0.3, -0.25) is 5.32 Å². The first kappa shape index (κ1) is 25.8. The van der Waals surface area contributed by atoms with E-state index in [9.17, 15) is 0 Å². The van der Waals surface area contributed by atoms with Crippen LogP contribution >= 0.6 is 11.8 Å². The van der Waals surface area contributed by atoms with E-state index in [4.69, 9.17) is 30.3 Å². The third-order valence-electron chi connectivity index (χ3n) is 7.79. The molecule has 2 aliphatic carbocycles. The lowest BCUT2D eigenvalue weighted by atomic mass is 9.83. The van der Waals surface area contributed by atoms with E-state index in [0.717, 1.165) is 42.0 Å². The summed E-state index contributed by atoms with van der Waals surface area (Å²) in [6.45, 7) is 0. The number of benzene rings is 1. The molecule has 0 bridgehead atoms. The SMILES string of the molecule is COc1ccc(-c2cc(SC)n(C3(C4CCCCC4)N=C(N)NC(=NC4CCCCC4)N3)n2)cc1OC. The van der Waals surface area contributed by atoms with Crippen molar-refractivity contribution in [2.45, 2.75) is 81.1 Å². The van der Waals surface area contributed by atoms with Crippen LogP contribution in [0.5, 0.6) is 11.5 Å². The third kappa shape index (κ3) is 5.26. The largest absolute Gasteiger partial charge is 0.493 e. The van der Waals surface area contributed by atoms with Gasteiger partial charge >= 0.3 is 0 Å². The molecule has 10 heteroatoms. The first-order valence-corrected chi connectivity index (χ1v) is 14.6. The Morgan fingerprint density at radius 1 is 1.00 bits per heavy atom. The molecule has 2 heterocycles. The summed E-state index contributed by atoms with van der Waals surface area (Å²) in [5, 5.41) is 13.1. The fourth-order valence-electron chi connectivity index (χ4n) is 5.89. The second-order valence-corrected chi connectivity index (χ2v) is 11.0. The van der Waals surface area contributed by atoms with Gasteiger partial charge in [-0.1, -0.05) is 38.5 Å². The molecule has 37 heavy (non-hydrogen) atoms. The Labute approximate surface area is 223 Å². The summed E-state index contributed by atoms with van der Waals surface area (Å²) in [6, 6.07) is 8.31. The van der Waals surface area contributed by atoms with Crippen LogP contribution in [-0.2, 0) is 5.79 Å². The summed E-state index contributed by atoms with van der Waals surface area (Å²) in [7, 11) is 3.29. The van der Waals surface area contributed by atoms with Gasteiger partial charge in [0.2, 0.25) is 11.7 Å². The highest BCUT2D eigenvalue weighted by molar-refractivity contribution is 7.98. The fourth-order valence-corrected chi connectivity index (χ4v) is 6.47. The van der Waals surface area contributed by atoms with Crippen LogP contribution in [0.25, 0.3) is 11.3 Å². The maximum atomic E-state index is 6.47. The zero-order chi connectivity index (χ0) is 25.8. The number of rotatable bonds is 7. The normalized spacial score (nSPS) is 24.3. The number of aromatic nitrogens is 2. The standard InChI is InChI=1S/C27H39N7O2S/c1-35-22-15-14-18(16-23(22)36-2)21-17-24(37-3)34(33-21)27(19-10-6-4-7-11-19)31-25(28)30-26(32-27)29-20-12-8-5-9-13-20/h14-17,19-20H,4-13H2,1-3H3,(H4,28,29,30,31,32). The Hall–Kier alpha value is -2.88. The smallest absolute Gasteiger partial charge is 0.236 e. The molecule has 1 aromatic carbocycles. The molecule has 0 radical (unpaired) electrons. The van der Waals surface area contributed by atoms with Gasteiger partial charge < -0.3 is 20.5 Å². The average Bonchev–Trinajstić information content (AvgIpc) is 3.38. The number of thioether (sulfide) groups is 1. The molecule has 2 aromatic rings. The van der Waals surface area contributed by atoms with E-state index < -0.39 is 5.79 Å². The zero-order valence-electron chi connectivity index (χ0n) is 22.1. The summed E-state index contributed by atoms with van der Waals surface area (Å²) >= 11 is 1.66. The summed E-state index contributed by atoms with van der Waals surface area (Å²) in [4.78, 5) is 10.1. The third-order valence-corrected chi connectivity index (χ3v) is 8.50. The van der Waals surface area contributed by atoms with E-state index in [1.165, 1.54) is 38.5 Å². The number of ether oxygens (including phenoxy) is 2. The van der Waals surface area contributed by atoms with Crippen LogP contribution in [0.3, 0.4) is 0 Å². The molecule has 1 unspecified atom stereocenters. The Morgan fingerprint density at radius 2 is 1.70 bits per heavy atom. The van der Waals surface area contributed by atoms with Gasteiger partial charge in [-0.2, -0.15) is 5.10 Å². The number of nitrogens with two attached hydrogens (primary N) is 1. The van der Waals surface area contributed by atoms with Gasteiger partial charge in [0.05, 0.1) is 31.0 Å². The lowest BCUT2D eigenvalue weighted by molar-refractivity contribution is 0.0868. The first-order valence-electron chi connectivity index (χ1n) is 13.4. The van der Waals surface area contributed by atoms with Crippen molar-refractivity contribution in [3.63, 3.8) is 0 Å². The monoisotopic (exact) mass is 525 g/mol. The van der Waals surface area contributed by atoms with Gasteiger partial charge in [-0.05, 0) is 56.2 Å². The van der Waals surface area contributed by atoms with E-state index in [2.05, 4.69) is 23.0 Å². The highest BCUT2D eigenvalue weighted by Gasteiger charge is 2.46. The summed E-state index contributed by atoms with van der Waals surface area (Å²) in [6.07, 6.45) is 13.7. The van der Waals surface area contributed by atoms with Crippen molar-refractivity contribution >= 4 is 23.7 Å². The van der Waals surface area contributed by atoms with Crippen molar-refractivity contribution in [2.24, 2.45) is 21.6 Å². The maximum Gasteiger partial charge on any atom is 0.236 e. The number of nitrogens with one attached hydrogen (secondary N) is 2. The molecule has 2 fully saturated rings. The number of methoxy groups -OCH3 is 2. The zero-order valence-corrected chi connectivity index (χ0v) is 22.9. The minimum absolute atomic E-state index is 0.238. The highest BCUT2D eigenvalue weighted by Crippen LogP contribution is 2.41. The summed E-state index contributed by atoms with van der Waals surface area (Å²) in [5.74, 6) is 1.86. The molecule has 1 aliphatic heterocycles. The van der Waals surface area contributed by atoms with Crippen molar-refractivity contribution in [3.8, 4) is 22.8 Å². The molecule has 1 aromatic heterocycles. The van der Waals surface area contributed by atoms with Crippen molar-refractivity contribution in [3.05, 3.63) is 24.3 Å². The van der Waals surface area contributed by atoms with Crippen LogP contribution in [0.2, 0.25) is 0 Å². The van der Waals surface area contributed by atoms with Crippen molar-refractivity contribution in [1.29, 1.82) is 0 Å². The number of aliphatic imine (C=N–C) groups is 2. The maximum absolute atomic E-state index is 6.47. The molecular weight excluding hydrogens is 486 g/mol. The molecule has 0 spiro atoms. The van der Waals surface area contributed by atoms with E-state index in [0.29, 0.717) is 29.5 Å². The number of hydrogen-bond acceptors (Lipinski definition) is 7. The Morgan fingerprint density at radius 3 is 2.38 bits per heavy atom. The van der Waals surface area contributed by atoms with Crippen molar-refractivity contribution in [1.82, 2.24) is 20.4 Å².